The van der Waals surface area contributed by atoms with Gasteiger partial charge in [0.25, 0.3) is 0 Å². The Balaban J connectivity index is 0.00000289. The highest BCUT2D eigenvalue weighted by Gasteiger charge is 2.26. The van der Waals surface area contributed by atoms with Crippen molar-refractivity contribution in [2.75, 3.05) is 19.6 Å². The monoisotopic (exact) mass is 551 g/mol. The number of hydrazone groups is 1. The van der Waals surface area contributed by atoms with Gasteiger partial charge in [-0.1, -0.05) is 42.0 Å². The summed E-state index contributed by atoms with van der Waals surface area (Å²) < 4.78 is 17.1. The number of fused-ring (bicyclic) bond motifs is 1. The van der Waals surface area contributed by atoms with Crippen LogP contribution in [0.15, 0.2) is 77.2 Å². The third-order valence-corrected chi connectivity index (χ3v) is 6.48. The van der Waals surface area contributed by atoms with Gasteiger partial charge >= 0.3 is 0 Å². The van der Waals surface area contributed by atoms with E-state index in [9.17, 15) is 0 Å². The van der Waals surface area contributed by atoms with Gasteiger partial charge in [-0.05, 0) is 42.8 Å². The Morgan fingerprint density at radius 1 is 1.00 bits per heavy atom. The third-order valence-electron chi connectivity index (χ3n) is 5.74. The van der Waals surface area contributed by atoms with Crippen molar-refractivity contribution in [1.82, 2.24) is 4.98 Å². The summed E-state index contributed by atoms with van der Waals surface area (Å²) in [4.78, 5) is 4.72. The number of nitrogens with one attached hydrogen (secondary N) is 1. The summed E-state index contributed by atoms with van der Waals surface area (Å²) in [5.41, 5.74) is 9.22. The van der Waals surface area contributed by atoms with Crippen LogP contribution in [0, 0.1) is 6.92 Å². The van der Waals surface area contributed by atoms with E-state index in [4.69, 9.17) is 24.3 Å². The summed E-state index contributed by atoms with van der Waals surface area (Å²) in [6.07, 6.45) is 0.581. The van der Waals surface area contributed by atoms with E-state index in [1.807, 2.05) is 47.8 Å². The van der Waals surface area contributed by atoms with Crippen LogP contribution in [0.3, 0.4) is 0 Å². The summed E-state index contributed by atoms with van der Waals surface area (Å²) in [5.74, 6) is 2.20. The Morgan fingerprint density at radius 3 is 2.57 bits per heavy atom. The summed E-state index contributed by atoms with van der Waals surface area (Å²) in [7, 11) is 3.25. The van der Waals surface area contributed by atoms with Crippen molar-refractivity contribution in [2.24, 2.45) is 5.10 Å². The van der Waals surface area contributed by atoms with Gasteiger partial charge in [0.05, 0.1) is 25.6 Å². The van der Waals surface area contributed by atoms with Gasteiger partial charge in [0.15, 0.2) is 11.5 Å². The van der Waals surface area contributed by atoms with E-state index in [2.05, 4.69) is 36.6 Å². The zero-order valence-electron chi connectivity index (χ0n) is 19.6. The molecule has 1 unspecified atom stereocenters. The Morgan fingerprint density at radius 2 is 1.80 bits per heavy atom. The number of hydrogen-bond donors (Lipinski definition) is 1. The zero-order chi connectivity index (χ0) is 23.5. The van der Waals surface area contributed by atoms with E-state index in [0.717, 1.165) is 39.4 Å². The molecular formula is C27H26BrN3O3S. The van der Waals surface area contributed by atoms with Gasteiger partial charge in [0, 0.05) is 22.9 Å². The fourth-order valence-electron chi connectivity index (χ4n) is 3.98. The Kier molecular flexibility index (Phi) is 7.73. The van der Waals surface area contributed by atoms with Crippen LogP contribution in [0.1, 0.15) is 29.2 Å². The Bertz CT molecular complexity index is 1340. The summed E-state index contributed by atoms with van der Waals surface area (Å²) in [5, 5.41) is 7.49. The maximum Gasteiger partial charge on any atom is 0.203 e. The molecule has 0 radical (unpaired) electrons. The molecule has 6 nitrogen and oxygen atoms in total. The highest BCUT2D eigenvalue weighted by atomic mass is 79.9. The SMILES string of the molecule is Br.COc1ccc(-c2csc(NN=C3CC(c4ccccc4)Oc4ccc(C)cc43)n2)cc1OC. The number of anilines is 1. The fraction of sp³-hybridized carbons (Fsp3) is 0.185. The van der Waals surface area contributed by atoms with Gasteiger partial charge < -0.3 is 14.2 Å². The minimum absolute atomic E-state index is 0. The number of aryl methyl sites for hydroxylation is 1. The van der Waals surface area contributed by atoms with Gasteiger partial charge in [-0.15, -0.1) is 28.3 Å². The number of rotatable bonds is 6. The van der Waals surface area contributed by atoms with E-state index in [-0.39, 0.29) is 23.1 Å². The van der Waals surface area contributed by atoms with Crippen molar-refractivity contribution >= 4 is 39.2 Å². The zero-order valence-corrected chi connectivity index (χ0v) is 22.2. The minimum Gasteiger partial charge on any atom is -0.493 e. The first kappa shape index (κ1) is 24.8. The predicted octanol–water partition coefficient (Wildman–Crippen LogP) is 7.05. The van der Waals surface area contributed by atoms with Crippen molar-refractivity contribution in [3.63, 3.8) is 0 Å². The van der Waals surface area contributed by atoms with Crippen molar-refractivity contribution in [3.05, 3.63) is 88.8 Å². The number of halogens is 1. The van der Waals surface area contributed by atoms with Crippen LogP contribution >= 0.6 is 28.3 Å². The molecule has 0 spiro atoms. The van der Waals surface area contributed by atoms with Crippen molar-refractivity contribution in [2.45, 2.75) is 19.4 Å². The van der Waals surface area contributed by atoms with Crippen LogP contribution in [0.25, 0.3) is 11.3 Å². The average Bonchev–Trinajstić information content (AvgIpc) is 3.36. The maximum absolute atomic E-state index is 6.31. The largest absolute Gasteiger partial charge is 0.493 e. The topological polar surface area (TPSA) is 65.0 Å². The van der Waals surface area contributed by atoms with Gasteiger partial charge in [0.1, 0.15) is 11.9 Å². The molecule has 2 heterocycles. The van der Waals surface area contributed by atoms with Crippen molar-refractivity contribution in [3.8, 4) is 28.5 Å². The molecule has 1 atom stereocenters. The van der Waals surface area contributed by atoms with Gasteiger partial charge in [0.2, 0.25) is 5.13 Å². The molecule has 1 aliphatic heterocycles. The lowest BCUT2D eigenvalue weighted by Crippen LogP contribution is -2.22. The maximum atomic E-state index is 6.31. The van der Waals surface area contributed by atoms with E-state index >= 15 is 0 Å². The smallest absolute Gasteiger partial charge is 0.203 e. The predicted molar refractivity (Wildman–Crippen MR) is 147 cm³/mol. The second-order valence-electron chi connectivity index (χ2n) is 8.00. The Labute approximate surface area is 219 Å². The normalized spacial score (nSPS) is 15.5. The number of nitrogens with zero attached hydrogens (tertiary/aromatic N) is 2. The number of aromatic nitrogens is 1. The fourth-order valence-corrected chi connectivity index (χ4v) is 4.64. The molecule has 5 rings (SSSR count). The highest BCUT2D eigenvalue weighted by molar-refractivity contribution is 8.93. The first-order chi connectivity index (χ1) is 16.6. The summed E-state index contributed by atoms with van der Waals surface area (Å²) in [6, 6.07) is 22.2. The second-order valence-corrected chi connectivity index (χ2v) is 8.86. The van der Waals surface area contributed by atoms with Crippen LogP contribution in [0.5, 0.6) is 17.2 Å². The van der Waals surface area contributed by atoms with Crippen molar-refractivity contribution < 1.29 is 14.2 Å². The minimum atomic E-state index is -0.0874. The Hall–Kier alpha value is -3.36. The standard InChI is InChI=1S/C27H25N3O3S.BrH/c1-17-9-11-23-20(13-17)21(15-25(33-23)18-7-5-4-6-8-18)29-30-27-28-22(16-34-27)19-10-12-24(31-2)26(14-19)32-3;/h4-14,16,25H,15H2,1-3H3,(H,28,30);1H. The molecule has 0 aliphatic carbocycles. The lowest BCUT2D eigenvalue weighted by Gasteiger charge is -2.27. The highest BCUT2D eigenvalue weighted by Crippen LogP contribution is 2.36. The van der Waals surface area contributed by atoms with E-state index in [1.165, 1.54) is 11.3 Å². The molecule has 1 aromatic heterocycles. The second kappa shape index (κ2) is 10.9. The van der Waals surface area contributed by atoms with Gasteiger partial charge in [-0.3, -0.25) is 5.43 Å². The van der Waals surface area contributed by atoms with Crippen molar-refractivity contribution in [1.29, 1.82) is 0 Å². The van der Waals surface area contributed by atoms with Crippen LogP contribution in [0.2, 0.25) is 0 Å². The van der Waals surface area contributed by atoms with Crippen LogP contribution in [-0.4, -0.2) is 24.9 Å². The molecular weight excluding hydrogens is 526 g/mol. The van der Waals surface area contributed by atoms with Crippen LogP contribution in [-0.2, 0) is 0 Å². The third kappa shape index (κ3) is 5.33. The molecule has 1 aliphatic rings. The lowest BCUT2D eigenvalue weighted by atomic mass is 9.94. The average molecular weight is 552 g/mol. The van der Waals surface area contributed by atoms with E-state index < -0.39 is 0 Å². The molecule has 8 heteroatoms. The van der Waals surface area contributed by atoms with E-state index in [1.54, 1.807) is 14.2 Å². The molecule has 3 aromatic carbocycles. The first-order valence-corrected chi connectivity index (χ1v) is 11.9. The summed E-state index contributed by atoms with van der Waals surface area (Å²) >= 11 is 1.51. The number of methoxy groups -OCH3 is 2. The van der Waals surface area contributed by atoms with Gasteiger partial charge in [-0.2, -0.15) is 5.10 Å². The molecule has 0 amide bonds. The lowest BCUT2D eigenvalue weighted by molar-refractivity contribution is 0.206. The molecule has 0 saturated carbocycles. The molecule has 180 valence electrons. The molecule has 1 N–H and O–H groups in total. The summed E-state index contributed by atoms with van der Waals surface area (Å²) in [6.45, 7) is 2.07. The number of thiazole rings is 1. The van der Waals surface area contributed by atoms with Gasteiger partial charge in [-0.25, -0.2) is 4.98 Å². The number of ether oxygens (including phenoxy) is 3. The molecule has 0 fully saturated rings. The molecule has 35 heavy (non-hydrogen) atoms. The van der Waals surface area contributed by atoms with E-state index in [0.29, 0.717) is 23.1 Å². The quantitative estimate of drug-likeness (QED) is 0.260. The number of hydrogen-bond acceptors (Lipinski definition) is 7. The molecule has 4 aromatic rings. The molecule has 0 saturated heterocycles. The molecule has 0 bridgehead atoms. The van der Waals surface area contributed by atoms with Crippen LogP contribution in [0.4, 0.5) is 5.13 Å². The first-order valence-electron chi connectivity index (χ1n) is 11.0. The van der Waals surface area contributed by atoms with Crippen LogP contribution < -0.4 is 19.6 Å². The number of benzene rings is 3.